The summed E-state index contributed by atoms with van der Waals surface area (Å²) in [5.74, 6) is 0.493. The van der Waals surface area contributed by atoms with Crippen LogP contribution >= 0.6 is 0 Å². The summed E-state index contributed by atoms with van der Waals surface area (Å²) in [6.07, 6.45) is 0.561. The van der Waals surface area contributed by atoms with E-state index in [1.807, 2.05) is 26.0 Å². The predicted octanol–water partition coefficient (Wildman–Crippen LogP) is 4.40. The molecule has 0 spiro atoms. The Kier molecular flexibility index (Phi) is 8.25. The highest BCUT2D eigenvalue weighted by molar-refractivity contribution is 5.16. The van der Waals surface area contributed by atoms with Gasteiger partial charge in [-0.15, -0.1) is 0 Å². The van der Waals surface area contributed by atoms with Gasteiger partial charge in [-0.25, -0.2) is 0 Å². The number of hydrogen-bond acceptors (Lipinski definition) is 3. The van der Waals surface area contributed by atoms with Gasteiger partial charge in [0.05, 0.1) is 12.1 Å². The van der Waals surface area contributed by atoms with Gasteiger partial charge in [0.15, 0.2) is 0 Å². The minimum absolute atomic E-state index is 0.0169. The van der Waals surface area contributed by atoms with Crippen LogP contribution in [0.5, 0.6) is 0 Å². The molecule has 0 aliphatic heterocycles. The van der Waals surface area contributed by atoms with Gasteiger partial charge in [0.1, 0.15) is 0 Å². The molecule has 0 aromatic carbocycles. The summed E-state index contributed by atoms with van der Waals surface area (Å²) in [7, 11) is 6.01. The maximum Gasteiger partial charge on any atom is 0.0866 e. The van der Waals surface area contributed by atoms with E-state index >= 15 is 0 Å². The zero-order chi connectivity index (χ0) is 19.5. The van der Waals surface area contributed by atoms with Crippen LogP contribution in [0.2, 0.25) is 0 Å². The van der Waals surface area contributed by atoms with Crippen LogP contribution in [0.25, 0.3) is 0 Å². The summed E-state index contributed by atoms with van der Waals surface area (Å²) < 4.78 is 0. The zero-order valence-electron chi connectivity index (χ0n) is 17.9. The number of allylic oxidation sites excluding steroid dienone is 2. The summed E-state index contributed by atoms with van der Waals surface area (Å²) >= 11 is 0. The van der Waals surface area contributed by atoms with Crippen molar-refractivity contribution in [3.63, 3.8) is 0 Å². The van der Waals surface area contributed by atoms with E-state index in [2.05, 4.69) is 66.5 Å². The molecular formula is C21H42N2O. The maximum absolute atomic E-state index is 10.5. The van der Waals surface area contributed by atoms with E-state index in [-0.39, 0.29) is 16.9 Å². The van der Waals surface area contributed by atoms with Crippen LogP contribution in [0.15, 0.2) is 24.4 Å². The lowest BCUT2D eigenvalue weighted by Crippen LogP contribution is -2.48. The fourth-order valence-corrected chi connectivity index (χ4v) is 2.85. The van der Waals surface area contributed by atoms with Crippen molar-refractivity contribution in [3.8, 4) is 0 Å². The van der Waals surface area contributed by atoms with E-state index in [0.717, 1.165) is 12.1 Å². The van der Waals surface area contributed by atoms with Gasteiger partial charge in [-0.2, -0.15) is 0 Å². The van der Waals surface area contributed by atoms with Gasteiger partial charge in [0, 0.05) is 24.7 Å². The molecule has 3 nitrogen and oxygen atoms in total. The highest BCUT2D eigenvalue weighted by Gasteiger charge is 2.42. The lowest BCUT2D eigenvalue weighted by Gasteiger charge is -2.48. The number of nitrogens with zero attached hydrogens (tertiary/aromatic N) is 2. The highest BCUT2D eigenvalue weighted by Crippen LogP contribution is 2.49. The average Bonchev–Trinajstić information content (AvgIpc) is 2.43. The molecule has 0 rings (SSSR count). The maximum atomic E-state index is 10.5. The molecule has 0 saturated carbocycles. The van der Waals surface area contributed by atoms with Gasteiger partial charge in [-0.05, 0) is 38.8 Å². The molecule has 0 amide bonds. The van der Waals surface area contributed by atoms with Crippen LogP contribution in [0, 0.1) is 16.7 Å². The average molecular weight is 339 g/mol. The van der Waals surface area contributed by atoms with E-state index in [4.69, 9.17) is 0 Å². The molecule has 0 saturated heterocycles. The molecule has 1 N–H and O–H groups in total. The minimum Gasteiger partial charge on any atom is -0.390 e. The summed E-state index contributed by atoms with van der Waals surface area (Å²) in [6.45, 7) is 24.9. The van der Waals surface area contributed by atoms with Gasteiger partial charge < -0.3 is 14.9 Å². The lowest BCUT2D eigenvalue weighted by molar-refractivity contribution is 0.0395. The second kappa shape index (κ2) is 8.53. The van der Waals surface area contributed by atoms with E-state index in [0.29, 0.717) is 12.5 Å². The quantitative estimate of drug-likeness (QED) is 0.598. The monoisotopic (exact) mass is 338 g/mol. The number of rotatable bonds is 10. The SMILES string of the molecule is C=C(CC(C)(C)C(C)(C)C(=C)N(C)C(C)C(O)CN(C)C)C(C)C. The molecule has 2 unspecified atom stereocenters. The number of aliphatic hydroxyl groups is 1. The van der Waals surface area contributed by atoms with E-state index in [1.54, 1.807) is 0 Å². The molecule has 0 aliphatic carbocycles. The van der Waals surface area contributed by atoms with Crippen molar-refractivity contribution in [2.75, 3.05) is 27.7 Å². The Balaban J connectivity index is 5.25. The van der Waals surface area contributed by atoms with Crippen molar-refractivity contribution in [2.45, 2.75) is 67.0 Å². The van der Waals surface area contributed by atoms with Crippen molar-refractivity contribution in [3.05, 3.63) is 24.4 Å². The topological polar surface area (TPSA) is 26.7 Å². The summed E-state index contributed by atoms with van der Waals surface area (Å²) in [6, 6.07) is 0.0169. The van der Waals surface area contributed by atoms with Crippen LogP contribution in [0.1, 0.15) is 54.9 Å². The molecule has 0 aromatic rings. The molecular weight excluding hydrogens is 296 g/mol. The standard InChI is InChI=1S/C21H42N2O/c1-15(2)16(3)13-20(6,7)21(8,9)18(5)23(12)17(4)19(24)14-22(10)11/h15,17,19,24H,3,5,13-14H2,1-2,4,6-12H3. The molecule has 3 heteroatoms. The van der Waals surface area contributed by atoms with Crippen LogP contribution in [-0.4, -0.2) is 54.7 Å². The Morgan fingerprint density at radius 3 is 1.83 bits per heavy atom. The summed E-state index contributed by atoms with van der Waals surface area (Å²) in [5.41, 5.74) is 2.27. The van der Waals surface area contributed by atoms with Gasteiger partial charge in [-0.3, -0.25) is 0 Å². The Hall–Kier alpha value is -0.800. The molecule has 24 heavy (non-hydrogen) atoms. The van der Waals surface area contributed by atoms with Gasteiger partial charge in [-0.1, -0.05) is 60.3 Å². The Morgan fingerprint density at radius 1 is 1.00 bits per heavy atom. The normalized spacial score (nSPS) is 15.5. The van der Waals surface area contributed by atoms with Crippen LogP contribution in [-0.2, 0) is 0 Å². The first-order valence-corrected chi connectivity index (χ1v) is 9.07. The van der Waals surface area contributed by atoms with Gasteiger partial charge >= 0.3 is 0 Å². The van der Waals surface area contributed by atoms with Crippen LogP contribution in [0.4, 0.5) is 0 Å². The van der Waals surface area contributed by atoms with Crippen molar-refractivity contribution in [1.29, 1.82) is 0 Å². The number of likely N-dealkylation sites (N-methyl/N-ethyl adjacent to an activating group) is 2. The fourth-order valence-electron chi connectivity index (χ4n) is 2.85. The van der Waals surface area contributed by atoms with Crippen LogP contribution < -0.4 is 0 Å². The van der Waals surface area contributed by atoms with E-state index in [9.17, 15) is 5.11 Å². The Bertz CT molecular complexity index is 435. The number of aliphatic hydroxyl groups excluding tert-OH is 1. The number of hydrogen-bond donors (Lipinski definition) is 1. The van der Waals surface area contributed by atoms with Gasteiger partial charge in [0.25, 0.3) is 0 Å². The molecule has 142 valence electrons. The molecule has 0 heterocycles. The summed E-state index contributed by atoms with van der Waals surface area (Å²) in [5, 5.41) is 10.5. The summed E-state index contributed by atoms with van der Waals surface area (Å²) in [4.78, 5) is 4.16. The highest BCUT2D eigenvalue weighted by atomic mass is 16.3. The molecule has 0 fully saturated rings. The second-order valence-corrected chi connectivity index (χ2v) is 9.13. The lowest BCUT2D eigenvalue weighted by atomic mass is 9.62. The van der Waals surface area contributed by atoms with Crippen molar-refractivity contribution in [2.24, 2.45) is 16.7 Å². The smallest absolute Gasteiger partial charge is 0.0866 e. The van der Waals surface area contributed by atoms with Crippen LogP contribution in [0.3, 0.4) is 0 Å². The predicted molar refractivity (Wildman–Crippen MR) is 107 cm³/mol. The first-order valence-electron chi connectivity index (χ1n) is 9.07. The van der Waals surface area contributed by atoms with Crippen molar-refractivity contribution >= 4 is 0 Å². The Morgan fingerprint density at radius 2 is 1.46 bits per heavy atom. The van der Waals surface area contributed by atoms with E-state index in [1.165, 1.54) is 5.57 Å². The molecule has 0 aliphatic rings. The molecule has 0 bridgehead atoms. The molecule has 2 atom stereocenters. The molecule has 0 radical (unpaired) electrons. The first-order chi connectivity index (χ1) is 10.6. The zero-order valence-corrected chi connectivity index (χ0v) is 17.9. The first kappa shape index (κ1) is 23.2. The van der Waals surface area contributed by atoms with Gasteiger partial charge in [0.2, 0.25) is 0 Å². The third-order valence-electron chi connectivity index (χ3n) is 6.04. The third kappa shape index (κ3) is 5.63. The fraction of sp³-hybridized carbons (Fsp3) is 0.810. The molecule has 0 aromatic heterocycles. The van der Waals surface area contributed by atoms with Crippen molar-refractivity contribution < 1.29 is 5.11 Å². The third-order valence-corrected chi connectivity index (χ3v) is 6.04. The minimum atomic E-state index is -0.411. The second-order valence-electron chi connectivity index (χ2n) is 9.13. The van der Waals surface area contributed by atoms with E-state index < -0.39 is 6.10 Å². The largest absolute Gasteiger partial charge is 0.390 e. The Labute approximate surface area is 151 Å². The van der Waals surface area contributed by atoms with Crippen molar-refractivity contribution in [1.82, 2.24) is 9.80 Å².